The second-order valence-electron chi connectivity index (χ2n) is 6.73. The van der Waals surface area contributed by atoms with Crippen molar-refractivity contribution in [2.75, 3.05) is 25.0 Å². The van der Waals surface area contributed by atoms with Crippen molar-refractivity contribution in [1.82, 2.24) is 4.31 Å². The van der Waals surface area contributed by atoms with Crippen LogP contribution < -0.4 is 10.1 Å². The molecule has 0 fully saturated rings. The van der Waals surface area contributed by atoms with Crippen LogP contribution in [0.25, 0.3) is 0 Å². The largest absolute Gasteiger partial charge is 0.494 e. The number of sulfonamides is 1. The van der Waals surface area contributed by atoms with E-state index in [1.807, 2.05) is 6.92 Å². The number of anilines is 1. The molecule has 0 radical (unpaired) electrons. The molecule has 8 nitrogen and oxygen atoms in total. The van der Waals surface area contributed by atoms with E-state index in [0.717, 1.165) is 22.5 Å². The third-order valence-corrected chi connectivity index (χ3v) is 6.64. The van der Waals surface area contributed by atoms with E-state index >= 15 is 0 Å². The number of nitrogens with one attached hydrogen (secondary N) is 1. The van der Waals surface area contributed by atoms with Crippen LogP contribution in [0.5, 0.6) is 5.75 Å². The molecule has 0 bridgehead atoms. The van der Waals surface area contributed by atoms with Gasteiger partial charge >= 0.3 is 5.97 Å². The fourth-order valence-corrected chi connectivity index (χ4v) is 4.41. The van der Waals surface area contributed by atoms with Gasteiger partial charge in [0.1, 0.15) is 16.5 Å². The van der Waals surface area contributed by atoms with Gasteiger partial charge in [0.2, 0.25) is 10.0 Å². The van der Waals surface area contributed by atoms with Crippen LogP contribution in [-0.4, -0.2) is 50.4 Å². The zero-order valence-corrected chi connectivity index (χ0v) is 19.2. The Morgan fingerprint density at radius 1 is 1.06 bits per heavy atom. The second-order valence-corrected chi connectivity index (χ2v) is 8.64. The van der Waals surface area contributed by atoms with Crippen LogP contribution in [0.3, 0.4) is 0 Å². The van der Waals surface area contributed by atoms with Crippen LogP contribution in [-0.2, 0) is 19.6 Å². The van der Waals surface area contributed by atoms with Gasteiger partial charge in [0.05, 0.1) is 12.2 Å². The Balaban J connectivity index is 2.12. The van der Waals surface area contributed by atoms with E-state index in [2.05, 4.69) is 5.32 Å². The number of ether oxygens (including phenoxy) is 2. The fourth-order valence-electron chi connectivity index (χ4n) is 2.86. The molecule has 0 saturated carbocycles. The quantitative estimate of drug-likeness (QED) is 0.538. The highest BCUT2D eigenvalue weighted by Crippen LogP contribution is 2.22. The maximum atomic E-state index is 14.2. The summed E-state index contributed by atoms with van der Waals surface area (Å²) in [7, 11) is -4.12. The molecular formula is C22H27FN2O6S. The first-order chi connectivity index (χ1) is 15.1. The number of rotatable bonds is 10. The van der Waals surface area contributed by atoms with Crippen LogP contribution in [0.1, 0.15) is 38.1 Å². The lowest BCUT2D eigenvalue weighted by Crippen LogP contribution is -2.32. The number of nitrogens with zero attached hydrogens (tertiary/aromatic N) is 1. The first-order valence-electron chi connectivity index (χ1n) is 10.2. The molecule has 32 heavy (non-hydrogen) atoms. The van der Waals surface area contributed by atoms with Gasteiger partial charge in [-0.15, -0.1) is 0 Å². The molecule has 2 rings (SSSR count). The topological polar surface area (TPSA) is 102 Å². The highest BCUT2D eigenvalue weighted by Gasteiger charge is 2.27. The van der Waals surface area contributed by atoms with E-state index < -0.39 is 38.7 Å². The van der Waals surface area contributed by atoms with Crippen LogP contribution in [0.15, 0.2) is 47.4 Å². The summed E-state index contributed by atoms with van der Waals surface area (Å²) in [5, 5.41) is 2.61. The predicted octanol–water partition coefficient (Wildman–Crippen LogP) is 3.44. The van der Waals surface area contributed by atoms with Crippen molar-refractivity contribution >= 4 is 27.6 Å². The van der Waals surface area contributed by atoms with Gasteiger partial charge in [-0.25, -0.2) is 17.6 Å². The normalized spacial score (nSPS) is 12.3. The van der Waals surface area contributed by atoms with Crippen molar-refractivity contribution in [3.8, 4) is 5.75 Å². The minimum atomic E-state index is -4.12. The van der Waals surface area contributed by atoms with Crippen LogP contribution in [0.2, 0.25) is 0 Å². The minimum Gasteiger partial charge on any atom is -0.494 e. The molecule has 0 aliphatic heterocycles. The first-order valence-corrected chi connectivity index (χ1v) is 11.6. The Hall–Kier alpha value is -2.98. The summed E-state index contributed by atoms with van der Waals surface area (Å²) in [4.78, 5) is 24.2. The zero-order valence-electron chi connectivity index (χ0n) is 18.4. The number of hydrogen-bond donors (Lipinski definition) is 1. The summed E-state index contributed by atoms with van der Waals surface area (Å²) >= 11 is 0. The second kappa shape index (κ2) is 11.1. The number of benzene rings is 2. The predicted molar refractivity (Wildman–Crippen MR) is 118 cm³/mol. The molecule has 174 valence electrons. The van der Waals surface area contributed by atoms with Crippen molar-refractivity contribution in [1.29, 1.82) is 0 Å². The SMILES string of the molecule is CCOc1ccc(NC(=O)C(C)OC(=O)c2ccc(F)c(S(=O)(=O)N(CC)CC)c2)cc1. The highest BCUT2D eigenvalue weighted by molar-refractivity contribution is 7.89. The smallest absolute Gasteiger partial charge is 0.338 e. The van der Waals surface area contributed by atoms with Crippen molar-refractivity contribution in [3.63, 3.8) is 0 Å². The molecule has 0 spiro atoms. The number of hydrogen-bond acceptors (Lipinski definition) is 6. The van der Waals surface area contributed by atoms with E-state index in [1.165, 1.54) is 6.92 Å². The number of carbonyl (C=O) groups excluding carboxylic acids is 2. The van der Waals surface area contributed by atoms with Gasteiger partial charge in [-0.1, -0.05) is 13.8 Å². The van der Waals surface area contributed by atoms with Crippen molar-refractivity contribution in [2.45, 2.75) is 38.7 Å². The third-order valence-electron chi connectivity index (χ3n) is 4.58. The average Bonchev–Trinajstić information content (AvgIpc) is 2.76. The average molecular weight is 467 g/mol. The van der Waals surface area contributed by atoms with Crippen LogP contribution in [0.4, 0.5) is 10.1 Å². The summed E-state index contributed by atoms with van der Waals surface area (Å²) in [6.07, 6.45) is -1.18. The Morgan fingerprint density at radius 2 is 1.69 bits per heavy atom. The molecule has 1 unspecified atom stereocenters. The van der Waals surface area contributed by atoms with Crippen molar-refractivity contribution < 1.29 is 31.9 Å². The van der Waals surface area contributed by atoms with Gasteiger partial charge in [-0.05, 0) is 56.3 Å². The lowest BCUT2D eigenvalue weighted by Gasteiger charge is -2.19. The summed E-state index contributed by atoms with van der Waals surface area (Å²) in [5.41, 5.74) is 0.300. The third kappa shape index (κ3) is 6.04. The van der Waals surface area contributed by atoms with Gasteiger partial charge in [-0.3, -0.25) is 4.79 Å². The Labute approximate surface area is 187 Å². The van der Waals surface area contributed by atoms with Crippen molar-refractivity contribution in [2.24, 2.45) is 0 Å². The summed E-state index contributed by atoms with van der Waals surface area (Å²) < 4.78 is 51.1. The van der Waals surface area contributed by atoms with E-state index in [4.69, 9.17) is 9.47 Å². The molecular weight excluding hydrogens is 439 g/mol. The molecule has 0 aliphatic carbocycles. The van der Waals surface area contributed by atoms with Crippen LogP contribution >= 0.6 is 0 Å². The molecule has 10 heteroatoms. The molecule has 2 aromatic carbocycles. The molecule has 1 atom stereocenters. The maximum absolute atomic E-state index is 14.2. The minimum absolute atomic E-state index is 0.149. The Morgan fingerprint density at radius 3 is 2.25 bits per heavy atom. The van der Waals surface area contributed by atoms with Gasteiger partial charge in [0, 0.05) is 18.8 Å². The van der Waals surface area contributed by atoms with Gasteiger partial charge in [0.25, 0.3) is 5.91 Å². The Bertz CT molecular complexity index is 1050. The van der Waals surface area contributed by atoms with Gasteiger partial charge in [0.15, 0.2) is 6.10 Å². The van der Waals surface area contributed by atoms with E-state index in [1.54, 1.807) is 38.1 Å². The number of halogens is 1. The number of amides is 1. The summed E-state index contributed by atoms with van der Waals surface area (Å²) in [5.74, 6) is -1.86. The molecule has 2 aromatic rings. The molecule has 1 N–H and O–H groups in total. The first kappa shape index (κ1) is 25.3. The molecule has 0 aromatic heterocycles. The van der Waals surface area contributed by atoms with Gasteiger partial charge < -0.3 is 14.8 Å². The maximum Gasteiger partial charge on any atom is 0.338 e. The molecule has 0 aliphatic rings. The highest BCUT2D eigenvalue weighted by atomic mass is 32.2. The number of carbonyl (C=O) groups is 2. The molecule has 0 heterocycles. The number of esters is 1. The lowest BCUT2D eigenvalue weighted by atomic mass is 10.2. The summed E-state index contributed by atoms with van der Waals surface area (Å²) in [6, 6.07) is 9.57. The van der Waals surface area contributed by atoms with Gasteiger partial charge in [-0.2, -0.15) is 4.31 Å². The fraction of sp³-hybridized carbons (Fsp3) is 0.364. The lowest BCUT2D eigenvalue weighted by molar-refractivity contribution is -0.123. The summed E-state index contributed by atoms with van der Waals surface area (Å²) in [6.45, 7) is 7.29. The van der Waals surface area contributed by atoms with Crippen LogP contribution in [0, 0.1) is 5.82 Å². The molecule has 0 saturated heterocycles. The standard InChI is InChI=1S/C22H27FN2O6S/c1-5-25(6-2)32(28,29)20-14-16(8-13-19(20)23)22(27)31-15(4)21(26)24-17-9-11-18(12-10-17)30-7-3/h8-15H,5-7H2,1-4H3,(H,24,26). The monoisotopic (exact) mass is 466 g/mol. The van der Waals surface area contributed by atoms with E-state index in [-0.39, 0.29) is 18.7 Å². The van der Waals surface area contributed by atoms with Crippen molar-refractivity contribution in [3.05, 3.63) is 53.8 Å². The molecule has 1 amide bonds. The zero-order chi connectivity index (χ0) is 23.9. The van der Waals surface area contributed by atoms with E-state index in [9.17, 15) is 22.4 Å². The van der Waals surface area contributed by atoms with E-state index in [0.29, 0.717) is 18.0 Å². The Kier molecular flexibility index (Phi) is 8.73.